The zero-order valence-corrected chi connectivity index (χ0v) is 20.3. The van der Waals surface area contributed by atoms with Gasteiger partial charge in [0.1, 0.15) is 6.61 Å². The topological polar surface area (TPSA) is 91.2 Å². The summed E-state index contributed by atoms with van der Waals surface area (Å²) in [4.78, 5) is 25.3. The van der Waals surface area contributed by atoms with Crippen LogP contribution in [0, 0.1) is 11.3 Å². The maximum Gasteiger partial charge on any atom is 0.337 e. The molecule has 0 bridgehead atoms. The van der Waals surface area contributed by atoms with Crippen LogP contribution in [0.25, 0.3) is 0 Å². The first-order valence-corrected chi connectivity index (χ1v) is 11.9. The van der Waals surface area contributed by atoms with Crippen LogP contribution in [-0.2, 0) is 14.3 Å². The van der Waals surface area contributed by atoms with Crippen LogP contribution in [0.3, 0.4) is 0 Å². The van der Waals surface area contributed by atoms with Crippen molar-refractivity contribution in [3.05, 3.63) is 99.2 Å². The number of carbonyl (C=O) groups excluding carboxylic acids is 2. The summed E-state index contributed by atoms with van der Waals surface area (Å²) < 4.78 is 6.21. The van der Waals surface area contributed by atoms with E-state index in [1.165, 1.54) is 17.8 Å². The van der Waals surface area contributed by atoms with Gasteiger partial charge in [0, 0.05) is 15.9 Å². The maximum absolute atomic E-state index is 12.8. The second-order valence-electron chi connectivity index (χ2n) is 7.09. The number of esters is 1. The first kappa shape index (κ1) is 24.4. The minimum atomic E-state index is -0.605. The molecule has 0 saturated carbocycles. The molecule has 2 N–H and O–H groups in total. The van der Waals surface area contributed by atoms with Crippen molar-refractivity contribution in [3.63, 3.8) is 0 Å². The van der Waals surface area contributed by atoms with Gasteiger partial charge in [-0.3, -0.25) is 4.79 Å². The third kappa shape index (κ3) is 6.15. The summed E-state index contributed by atoms with van der Waals surface area (Å²) in [5, 5.41) is 16.5. The van der Waals surface area contributed by atoms with E-state index in [4.69, 9.17) is 4.74 Å². The lowest BCUT2D eigenvalue weighted by Gasteiger charge is -2.29. The summed E-state index contributed by atoms with van der Waals surface area (Å²) in [7, 11) is 0. The third-order valence-corrected chi connectivity index (χ3v) is 6.35. The number of amides is 1. The summed E-state index contributed by atoms with van der Waals surface area (Å²) in [6.45, 7) is 5.41. The van der Waals surface area contributed by atoms with E-state index in [-0.39, 0.29) is 18.3 Å². The highest BCUT2D eigenvalue weighted by Gasteiger charge is 2.35. The summed E-state index contributed by atoms with van der Waals surface area (Å²) in [6.07, 6.45) is 1.49. The standard InChI is InChI=1S/C25H22BrN3O3S/c1-3-13-32-25(31)22-16(2)28-24(20(14-27)23(22)17-7-5-4-6-8-17)33-15-21(30)29-19-11-9-18(26)10-12-19/h3-12,23,28H,1,13,15H2,2H3,(H,29,30). The van der Waals surface area contributed by atoms with E-state index in [1.807, 2.05) is 42.5 Å². The van der Waals surface area contributed by atoms with Crippen LogP contribution in [0.4, 0.5) is 5.69 Å². The Balaban J connectivity index is 1.86. The van der Waals surface area contributed by atoms with Crippen molar-refractivity contribution in [2.75, 3.05) is 17.7 Å². The van der Waals surface area contributed by atoms with E-state index in [0.717, 1.165) is 10.0 Å². The number of carbonyl (C=O) groups is 2. The molecule has 0 saturated heterocycles. The minimum absolute atomic E-state index is 0.0700. The van der Waals surface area contributed by atoms with Gasteiger partial charge in [-0.2, -0.15) is 5.26 Å². The fourth-order valence-corrected chi connectivity index (χ4v) is 4.51. The van der Waals surface area contributed by atoms with E-state index in [9.17, 15) is 14.9 Å². The molecule has 33 heavy (non-hydrogen) atoms. The van der Waals surface area contributed by atoms with Crippen LogP contribution in [-0.4, -0.2) is 24.2 Å². The van der Waals surface area contributed by atoms with Gasteiger partial charge < -0.3 is 15.4 Å². The Morgan fingerprint density at radius 3 is 2.58 bits per heavy atom. The number of nitrogens with one attached hydrogen (secondary N) is 2. The maximum atomic E-state index is 12.8. The lowest BCUT2D eigenvalue weighted by Crippen LogP contribution is -2.29. The number of halogens is 1. The monoisotopic (exact) mass is 523 g/mol. The number of nitriles is 1. The third-order valence-electron chi connectivity index (χ3n) is 4.81. The summed E-state index contributed by atoms with van der Waals surface area (Å²) >= 11 is 4.58. The summed E-state index contributed by atoms with van der Waals surface area (Å²) in [5.41, 5.74) is 2.77. The summed E-state index contributed by atoms with van der Waals surface area (Å²) in [5.74, 6) is -1.23. The van der Waals surface area contributed by atoms with Gasteiger partial charge in [-0.05, 0) is 36.8 Å². The lowest BCUT2D eigenvalue weighted by molar-refractivity contribution is -0.138. The Hall–Kier alpha value is -3.28. The Kier molecular flexibility index (Phi) is 8.52. The molecule has 6 nitrogen and oxygen atoms in total. The quantitative estimate of drug-likeness (QED) is 0.362. The predicted molar refractivity (Wildman–Crippen MR) is 134 cm³/mol. The SMILES string of the molecule is C=CCOC(=O)C1=C(C)NC(SCC(=O)Nc2ccc(Br)cc2)=C(C#N)C1c1ccccc1. The highest BCUT2D eigenvalue weighted by atomic mass is 79.9. The average molecular weight is 524 g/mol. The molecule has 0 fully saturated rings. The summed E-state index contributed by atoms with van der Waals surface area (Å²) in [6, 6.07) is 18.8. The molecule has 0 aliphatic carbocycles. The van der Waals surface area contributed by atoms with Gasteiger partial charge in [-0.15, -0.1) is 0 Å². The van der Waals surface area contributed by atoms with Crippen molar-refractivity contribution < 1.29 is 14.3 Å². The largest absolute Gasteiger partial charge is 0.458 e. The molecule has 0 spiro atoms. The molecular formula is C25H22BrN3O3S. The normalized spacial score (nSPS) is 15.4. The number of hydrogen-bond acceptors (Lipinski definition) is 6. The average Bonchev–Trinajstić information content (AvgIpc) is 2.82. The second kappa shape index (κ2) is 11.5. The molecule has 1 unspecified atom stereocenters. The molecule has 1 aliphatic heterocycles. The molecule has 2 aromatic rings. The molecule has 0 radical (unpaired) electrons. The van der Waals surface area contributed by atoms with Crippen molar-refractivity contribution in [2.24, 2.45) is 0 Å². The van der Waals surface area contributed by atoms with Crippen molar-refractivity contribution in [2.45, 2.75) is 12.8 Å². The molecule has 2 aromatic carbocycles. The van der Waals surface area contributed by atoms with Crippen LogP contribution in [0.1, 0.15) is 18.4 Å². The number of rotatable bonds is 8. The van der Waals surface area contributed by atoms with Crippen LogP contribution >= 0.6 is 27.7 Å². The van der Waals surface area contributed by atoms with E-state index in [0.29, 0.717) is 27.6 Å². The first-order chi connectivity index (χ1) is 15.9. The number of allylic oxidation sites excluding steroid dienone is 2. The molecule has 1 atom stereocenters. The number of anilines is 1. The number of benzene rings is 2. The van der Waals surface area contributed by atoms with Crippen LogP contribution < -0.4 is 10.6 Å². The van der Waals surface area contributed by atoms with Gasteiger partial charge >= 0.3 is 5.97 Å². The van der Waals surface area contributed by atoms with E-state index in [1.54, 1.807) is 19.1 Å². The zero-order valence-electron chi connectivity index (χ0n) is 17.9. The number of nitrogens with zero attached hydrogens (tertiary/aromatic N) is 1. The van der Waals surface area contributed by atoms with Gasteiger partial charge in [0.15, 0.2) is 0 Å². The molecule has 168 valence electrons. The highest BCUT2D eigenvalue weighted by molar-refractivity contribution is 9.10. The molecule has 1 amide bonds. The van der Waals surface area contributed by atoms with Crippen molar-refractivity contribution in [3.8, 4) is 6.07 Å². The first-order valence-electron chi connectivity index (χ1n) is 10.1. The van der Waals surface area contributed by atoms with Crippen molar-refractivity contribution in [1.29, 1.82) is 5.26 Å². The van der Waals surface area contributed by atoms with Gasteiger partial charge in [0.2, 0.25) is 5.91 Å². The Labute approximate surface area is 205 Å². The number of ether oxygens (including phenoxy) is 1. The molecule has 8 heteroatoms. The number of dihydropyridines is 1. The zero-order chi connectivity index (χ0) is 23.8. The molecular weight excluding hydrogens is 502 g/mol. The minimum Gasteiger partial charge on any atom is -0.458 e. The van der Waals surface area contributed by atoms with Crippen LogP contribution in [0.15, 0.2) is 93.6 Å². The lowest BCUT2D eigenvalue weighted by atomic mass is 9.82. The smallest absolute Gasteiger partial charge is 0.337 e. The number of hydrogen-bond donors (Lipinski definition) is 2. The second-order valence-corrected chi connectivity index (χ2v) is 8.99. The van der Waals surface area contributed by atoms with Crippen LogP contribution in [0.2, 0.25) is 0 Å². The van der Waals surface area contributed by atoms with Gasteiger partial charge in [-0.1, -0.05) is 70.7 Å². The Morgan fingerprint density at radius 2 is 1.94 bits per heavy atom. The van der Waals surface area contributed by atoms with Gasteiger partial charge in [0.05, 0.1) is 33.9 Å². The van der Waals surface area contributed by atoms with Crippen molar-refractivity contribution in [1.82, 2.24) is 5.32 Å². The van der Waals surface area contributed by atoms with Gasteiger partial charge in [0.25, 0.3) is 0 Å². The molecule has 1 aliphatic rings. The molecule has 0 aromatic heterocycles. The fourth-order valence-electron chi connectivity index (χ4n) is 3.36. The van der Waals surface area contributed by atoms with E-state index >= 15 is 0 Å². The highest BCUT2D eigenvalue weighted by Crippen LogP contribution is 2.40. The predicted octanol–water partition coefficient (Wildman–Crippen LogP) is 5.25. The van der Waals surface area contributed by atoms with Crippen molar-refractivity contribution >= 4 is 45.3 Å². The molecule has 3 rings (SSSR count). The fraction of sp³-hybridized carbons (Fsp3) is 0.160. The van der Waals surface area contributed by atoms with Crippen LogP contribution in [0.5, 0.6) is 0 Å². The Bertz CT molecular complexity index is 1150. The Morgan fingerprint density at radius 1 is 1.24 bits per heavy atom. The number of thioether (sulfide) groups is 1. The molecule has 1 heterocycles. The van der Waals surface area contributed by atoms with E-state index in [2.05, 4.69) is 39.2 Å². The van der Waals surface area contributed by atoms with Gasteiger partial charge in [-0.25, -0.2) is 4.79 Å². The van der Waals surface area contributed by atoms with E-state index < -0.39 is 11.9 Å².